The first-order valence-electron chi connectivity index (χ1n) is 7.74. The standard InChI is InChI=1S/C16H19F2N3OS/c1-9-4-3-5-10(2)21(9)15(22)8-23-16-19-13-6-11(17)12(18)7-14(13)20-16/h6-7,9-10H,3-5,8H2,1-2H3,(H,19,20). The SMILES string of the molecule is CC1CCCC(C)N1C(=O)CSc1nc2cc(F)c(F)cc2[nH]1. The third-order valence-electron chi connectivity index (χ3n) is 4.32. The zero-order valence-electron chi connectivity index (χ0n) is 13.1. The molecular weight excluding hydrogens is 320 g/mol. The second-order valence-electron chi connectivity index (χ2n) is 6.04. The average molecular weight is 339 g/mol. The number of halogens is 2. The number of fused-ring (bicyclic) bond motifs is 1. The van der Waals surface area contributed by atoms with Crippen molar-refractivity contribution in [1.29, 1.82) is 0 Å². The fraction of sp³-hybridized carbons (Fsp3) is 0.500. The van der Waals surface area contributed by atoms with E-state index in [9.17, 15) is 13.6 Å². The number of piperidine rings is 1. The Morgan fingerprint density at radius 2 is 1.96 bits per heavy atom. The fourth-order valence-corrected chi connectivity index (χ4v) is 3.92. The van der Waals surface area contributed by atoms with Gasteiger partial charge in [0.1, 0.15) is 0 Å². The van der Waals surface area contributed by atoms with E-state index in [-0.39, 0.29) is 23.7 Å². The van der Waals surface area contributed by atoms with Crippen LogP contribution in [0.1, 0.15) is 33.1 Å². The van der Waals surface area contributed by atoms with Gasteiger partial charge >= 0.3 is 0 Å². The summed E-state index contributed by atoms with van der Waals surface area (Å²) in [6, 6.07) is 2.65. The molecule has 1 amide bonds. The minimum atomic E-state index is -0.924. The van der Waals surface area contributed by atoms with Crippen LogP contribution in [0.25, 0.3) is 11.0 Å². The Balaban J connectivity index is 1.69. The Morgan fingerprint density at radius 1 is 1.30 bits per heavy atom. The molecule has 124 valence electrons. The van der Waals surface area contributed by atoms with Crippen molar-refractivity contribution in [1.82, 2.24) is 14.9 Å². The molecule has 2 heterocycles. The lowest BCUT2D eigenvalue weighted by atomic mass is 9.98. The number of thioether (sulfide) groups is 1. The van der Waals surface area contributed by atoms with Gasteiger partial charge in [0.05, 0.1) is 16.8 Å². The van der Waals surface area contributed by atoms with Crippen molar-refractivity contribution in [2.75, 3.05) is 5.75 Å². The van der Waals surface area contributed by atoms with Crippen LogP contribution in [0.4, 0.5) is 8.78 Å². The zero-order chi connectivity index (χ0) is 16.6. The van der Waals surface area contributed by atoms with Crippen LogP contribution in [-0.4, -0.2) is 38.6 Å². The molecule has 0 aliphatic carbocycles. The van der Waals surface area contributed by atoms with Gasteiger partial charge in [0, 0.05) is 24.2 Å². The molecule has 0 saturated carbocycles. The summed E-state index contributed by atoms with van der Waals surface area (Å²) in [5.74, 6) is -1.50. The predicted octanol–water partition coefficient (Wildman–Crippen LogP) is 3.72. The zero-order valence-corrected chi connectivity index (χ0v) is 13.9. The quantitative estimate of drug-likeness (QED) is 0.867. The number of rotatable bonds is 3. The van der Waals surface area contributed by atoms with Gasteiger partial charge in [-0.05, 0) is 33.1 Å². The number of carbonyl (C=O) groups is 1. The summed E-state index contributed by atoms with van der Waals surface area (Å²) in [6.45, 7) is 4.15. The van der Waals surface area contributed by atoms with Crippen molar-refractivity contribution >= 4 is 28.7 Å². The molecule has 2 aromatic rings. The van der Waals surface area contributed by atoms with E-state index in [1.807, 2.05) is 4.90 Å². The second-order valence-corrected chi connectivity index (χ2v) is 7.01. The number of hydrogen-bond donors (Lipinski definition) is 1. The van der Waals surface area contributed by atoms with Gasteiger partial charge in [-0.3, -0.25) is 4.79 Å². The molecule has 0 spiro atoms. The van der Waals surface area contributed by atoms with E-state index in [1.54, 1.807) is 0 Å². The molecule has 2 atom stereocenters. The van der Waals surface area contributed by atoms with E-state index in [0.717, 1.165) is 31.4 Å². The maximum atomic E-state index is 13.2. The highest BCUT2D eigenvalue weighted by molar-refractivity contribution is 7.99. The van der Waals surface area contributed by atoms with Crippen LogP contribution in [0.15, 0.2) is 17.3 Å². The van der Waals surface area contributed by atoms with E-state index in [1.165, 1.54) is 11.8 Å². The van der Waals surface area contributed by atoms with Gasteiger partial charge in [0.15, 0.2) is 16.8 Å². The Bertz CT molecular complexity index is 684. The highest BCUT2D eigenvalue weighted by atomic mass is 32.2. The number of nitrogens with one attached hydrogen (secondary N) is 1. The Hall–Kier alpha value is -1.63. The molecular formula is C16H19F2N3OS. The van der Waals surface area contributed by atoms with Crippen molar-refractivity contribution in [2.24, 2.45) is 0 Å². The molecule has 1 fully saturated rings. The van der Waals surface area contributed by atoms with Crippen molar-refractivity contribution < 1.29 is 13.6 Å². The van der Waals surface area contributed by atoms with Gasteiger partial charge in [0.25, 0.3) is 0 Å². The van der Waals surface area contributed by atoms with Crippen molar-refractivity contribution in [2.45, 2.75) is 50.4 Å². The number of aromatic nitrogens is 2. The number of hydrogen-bond acceptors (Lipinski definition) is 3. The summed E-state index contributed by atoms with van der Waals surface area (Å²) >= 11 is 1.26. The summed E-state index contributed by atoms with van der Waals surface area (Å²) in [7, 11) is 0. The molecule has 23 heavy (non-hydrogen) atoms. The maximum Gasteiger partial charge on any atom is 0.233 e. The average Bonchev–Trinajstić information content (AvgIpc) is 2.87. The summed E-state index contributed by atoms with van der Waals surface area (Å²) < 4.78 is 26.4. The van der Waals surface area contributed by atoms with E-state index in [2.05, 4.69) is 23.8 Å². The topological polar surface area (TPSA) is 49.0 Å². The largest absolute Gasteiger partial charge is 0.337 e. The first-order chi connectivity index (χ1) is 11.0. The van der Waals surface area contributed by atoms with Crippen LogP contribution >= 0.6 is 11.8 Å². The Kier molecular flexibility index (Phi) is 4.57. The molecule has 1 aliphatic rings. The molecule has 1 aromatic carbocycles. The number of amides is 1. The van der Waals surface area contributed by atoms with Crippen LogP contribution < -0.4 is 0 Å². The highest BCUT2D eigenvalue weighted by Crippen LogP contribution is 2.26. The van der Waals surface area contributed by atoms with Crippen LogP contribution in [0.3, 0.4) is 0 Å². The molecule has 2 unspecified atom stereocenters. The summed E-state index contributed by atoms with van der Waals surface area (Å²) in [5.41, 5.74) is 0.789. The van der Waals surface area contributed by atoms with E-state index >= 15 is 0 Å². The minimum Gasteiger partial charge on any atom is -0.337 e. The van der Waals surface area contributed by atoms with Crippen molar-refractivity contribution in [3.8, 4) is 0 Å². The second kappa shape index (κ2) is 6.47. The molecule has 4 nitrogen and oxygen atoms in total. The van der Waals surface area contributed by atoms with Gasteiger partial charge in [-0.25, -0.2) is 13.8 Å². The molecule has 1 saturated heterocycles. The van der Waals surface area contributed by atoms with Crippen molar-refractivity contribution in [3.05, 3.63) is 23.8 Å². The Labute approximate surface area is 137 Å². The van der Waals surface area contributed by atoms with E-state index < -0.39 is 11.6 Å². The lowest BCUT2D eigenvalue weighted by Gasteiger charge is -2.39. The van der Waals surface area contributed by atoms with Crippen LogP contribution in [0.5, 0.6) is 0 Å². The fourth-order valence-electron chi connectivity index (χ4n) is 3.17. The first kappa shape index (κ1) is 16.2. The van der Waals surface area contributed by atoms with Gasteiger partial charge in [-0.2, -0.15) is 0 Å². The molecule has 1 N–H and O–H groups in total. The third-order valence-corrected chi connectivity index (χ3v) is 5.17. The van der Waals surface area contributed by atoms with E-state index in [4.69, 9.17) is 0 Å². The van der Waals surface area contributed by atoms with Gasteiger partial charge < -0.3 is 9.88 Å². The lowest BCUT2D eigenvalue weighted by Crippen LogP contribution is -2.48. The number of imidazole rings is 1. The summed E-state index contributed by atoms with van der Waals surface area (Å²) in [5, 5.41) is 0.496. The third kappa shape index (κ3) is 3.34. The minimum absolute atomic E-state index is 0.0764. The number of benzene rings is 1. The summed E-state index contributed by atoms with van der Waals surface area (Å²) in [6.07, 6.45) is 3.22. The number of likely N-dealkylation sites (tertiary alicyclic amines) is 1. The lowest BCUT2D eigenvalue weighted by molar-refractivity contribution is -0.134. The van der Waals surface area contributed by atoms with Crippen LogP contribution in [0, 0.1) is 11.6 Å². The van der Waals surface area contributed by atoms with Crippen LogP contribution in [0.2, 0.25) is 0 Å². The predicted molar refractivity (Wildman–Crippen MR) is 86.4 cm³/mol. The highest BCUT2D eigenvalue weighted by Gasteiger charge is 2.28. The molecule has 7 heteroatoms. The monoisotopic (exact) mass is 339 g/mol. The first-order valence-corrected chi connectivity index (χ1v) is 8.73. The smallest absolute Gasteiger partial charge is 0.233 e. The van der Waals surface area contributed by atoms with Gasteiger partial charge in [-0.15, -0.1) is 0 Å². The molecule has 0 bridgehead atoms. The van der Waals surface area contributed by atoms with Gasteiger partial charge in [0.2, 0.25) is 5.91 Å². The molecule has 1 aliphatic heterocycles. The van der Waals surface area contributed by atoms with Gasteiger partial charge in [-0.1, -0.05) is 11.8 Å². The molecule has 1 aromatic heterocycles. The number of carbonyl (C=O) groups excluding carboxylic acids is 1. The van der Waals surface area contributed by atoms with E-state index in [0.29, 0.717) is 16.2 Å². The van der Waals surface area contributed by atoms with Crippen molar-refractivity contribution in [3.63, 3.8) is 0 Å². The molecule has 3 rings (SSSR count). The normalized spacial score (nSPS) is 21.8. The number of H-pyrrole nitrogens is 1. The summed E-state index contributed by atoms with van der Waals surface area (Å²) in [4.78, 5) is 21.5. The Morgan fingerprint density at radius 3 is 2.65 bits per heavy atom. The molecule has 0 radical (unpaired) electrons. The maximum absolute atomic E-state index is 13.2. The number of nitrogens with zero attached hydrogens (tertiary/aromatic N) is 2. The van der Waals surface area contributed by atoms with Crippen LogP contribution in [-0.2, 0) is 4.79 Å². The number of aromatic amines is 1.